The third-order valence-corrected chi connectivity index (χ3v) is 3.50. The van der Waals surface area contributed by atoms with Crippen LogP contribution in [0.4, 0.5) is 0 Å². The van der Waals surface area contributed by atoms with E-state index in [0.717, 1.165) is 0 Å². The quantitative estimate of drug-likeness (QED) is 0.473. The molecule has 2 fully saturated rings. The van der Waals surface area contributed by atoms with Crippen LogP contribution in [-0.2, 0) is 19.1 Å². The Morgan fingerprint density at radius 2 is 2.07 bits per heavy atom. The predicted molar refractivity (Wildman–Crippen MR) is 51.0 cm³/mol. The highest BCUT2D eigenvalue weighted by molar-refractivity contribution is 6.06. The molecule has 0 saturated heterocycles. The van der Waals surface area contributed by atoms with Gasteiger partial charge in [-0.15, -0.1) is 0 Å². The highest BCUT2D eigenvalue weighted by Gasteiger charge is 2.45. The van der Waals surface area contributed by atoms with Crippen molar-refractivity contribution in [1.29, 1.82) is 0 Å². The van der Waals surface area contributed by atoms with Crippen molar-refractivity contribution >= 4 is 17.5 Å². The fraction of sp³-hybridized carbons (Fsp3) is 0.727. The van der Waals surface area contributed by atoms with Crippen molar-refractivity contribution in [2.75, 3.05) is 7.11 Å². The number of carbonyl (C=O) groups excluding carboxylic acids is 3. The van der Waals surface area contributed by atoms with Crippen LogP contribution in [0.1, 0.15) is 25.7 Å². The summed E-state index contributed by atoms with van der Waals surface area (Å²) in [5.41, 5.74) is 0. The smallest absolute Gasteiger partial charge is 0.308 e. The highest BCUT2D eigenvalue weighted by atomic mass is 16.5. The number of carbonyl (C=O) groups is 3. The Bertz CT molecular complexity index is 321. The SMILES string of the molecule is COC(=O)[C@H]1C[C@@H]2CCC(=O)[C@@H](C1)C2=O. The normalized spacial score (nSPS) is 35.1. The summed E-state index contributed by atoms with van der Waals surface area (Å²) < 4.78 is 4.66. The van der Waals surface area contributed by atoms with Crippen molar-refractivity contribution in [2.24, 2.45) is 17.8 Å². The number of esters is 1. The molecule has 3 atom stereocenters. The van der Waals surface area contributed by atoms with Gasteiger partial charge in [0.1, 0.15) is 11.6 Å². The van der Waals surface area contributed by atoms with Crippen LogP contribution < -0.4 is 0 Å². The van der Waals surface area contributed by atoms with Gasteiger partial charge in [-0.1, -0.05) is 0 Å². The Morgan fingerprint density at radius 3 is 2.73 bits per heavy atom. The third kappa shape index (κ3) is 1.68. The number of ether oxygens (including phenoxy) is 1. The lowest BCUT2D eigenvalue weighted by Crippen LogP contribution is -2.43. The average molecular weight is 210 g/mol. The molecule has 0 aliphatic heterocycles. The molecule has 2 aliphatic carbocycles. The van der Waals surface area contributed by atoms with Crippen molar-refractivity contribution < 1.29 is 19.1 Å². The Balaban J connectivity index is 2.16. The van der Waals surface area contributed by atoms with E-state index in [1.54, 1.807) is 0 Å². The maximum atomic E-state index is 11.7. The van der Waals surface area contributed by atoms with Crippen LogP contribution in [-0.4, -0.2) is 24.6 Å². The van der Waals surface area contributed by atoms with Crippen LogP contribution in [0, 0.1) is 17.8 Å². The van der Waals surface area contributed by atoms with Gasteiger partial charge in [0.25, 0.3) is 0 Å². The Kier molecular flexibility index (Phi) is 2.59. The molecule has 2 bridgehead atoms. The summed E-state index contributed by atoms with van der Waals surface area (Å²) in [5, 5.41) is 0. The topological polar surface area (TPSA) is 60.4 Å². The van der Waals surface area contributed by atoms with Crippen LogP contribution in [0.3, 0.4) is 0 Å². The first-order chi connectivity index (χ1) is 7.13. The van der Waals surface area contributed by atoms with E-state index in [9.17, 15) is 14.4 Å². The van der Waals surface area contributed by atoms with E-state index in [4.69, 9.17) is 0 Å². The molecule has 0 aromatic rings. The molecule has 2 saturated carbocycles. The first kappa shape index (κ1) is 10.3. The molecular formula is C11H14O4. The Hall–Kier alpha value is -1.19. The molecule has 15 heavy (non-hydrogen) atoms. The maximum Gasteiger partial charge on any atom is 0.308 e. The van der Waals surface area contributed by atoms with Gasteiger partial charge < -0.3 is 4.74 Å². The van der Waals surface area contributed by atoms with Gasteiger partial charge in [0.05, 0.1) is 18.9 Å². The lowest BCUT2D eigenvalue weighted by atomic mass is 9.66. The van der Waals surface area contributed by atoms with E-state index in [1.165, 1.54) is 7.11 Å². The molecule has 4 nitrogen and oxygen atoms in total. The molecule has 0 N–H and O–H groups in total. The second-order valence-electron chi connectivity index (χ2n) is 4.35. The molecule has 0 aromatic heterocycles. The molecule has 0 aromatic carbocycles. The second kappa shape index (κ2) is 3.76. The van der Waals surface area contributed by atoms with Crippen molar-refractivity contribution in [3.05, 3.63) is 0 Å². The van der Waals surface area contributed by atoms with Gasteiger partial charge in [0.2, 0.25) is 0 Å². The third-order valence-electron chi connectivity index (χ3n) is 3.50. The van der Waals surface area contributed by atoms with Crippen LogP contribution in [0.25, 0.3) is 0 Å². The van der Waals surface area contributed by atoms with Crippen molar-refractivity contribution in [1.82, 2.24) is 0 Å². The van der Waals surface area contributed by atoms with Crippen LogP contribution in [0.2, 0.25) is 0 Å². The number of methoxy groups -OCH3 is 1. The number of Topliss-reactive ketones (excluding diaryl/α,β-unsaturated/α-hetero) is 2. The molecule has 4 heteroatoms. The first-order valence-electron chi connectivity index (χ1n) is 5.27. The van der Waals surface area contributed by atoms with E-state index in [0.29, 0.717) is 25.7 Å². The van der Waals surface area contributed by atoms with Crippen LogP contribution in [0.5, 0.6) is 0 Å². The zero-order valence-electron chi connectivity index (χ0n) is 8.69. The van der Waals surface area contributed by atoms with Crippen LogP contribution in [0.15, 0.2) is 0 Å². The summed E-state index contributed by atoms with van der Waals surface area (Å²) >= 11 is 0. The Morgan fingerprint density at radius 1 is 1.33 bits per heavy atom. The van der Waals surface area contributed by atoms with Gasteiger partial charge in [-0.25, -0.2) is 0 Å². The molecule has 0 unspecified atom stereocenters. The lowest BCUT2D eigenvalue weighted by molar-refractivity contribution is -0.152. The average Bonchev–Trinajstić information content (AvgIpc) is 2.23. The molecule has 0 radical (unpaired) electrons. The van der Waals surface area contributed by atoms with Crippen molar-refractivity contribution in [3.63, 3.8) is 0 Å². The molecule has 82 valence electrons. The Labute approximate surface area is 88.0 Å². The minimum Gasteiger partial charge on any atom is -0.469 e. The van der Waals surface area contributed by atoms with E-state index in [1.807, 2.05) is 0 Å². The molecular weight excluding hydrogens is 196 g/mol. The fourth-order valence-electron chi connectivity index (χ4n) is 2.64. The summed E-state index contributed by atoms with van der Waals surface area (Å²) in [6.07, 6.45) is 2.03. The van der Waals surface area contributed by atoms with E-state index >= 15 is 0 Å². The number of rotatable bonds is 1. The van der Waals surface area contributed by atoms with E-state index in [-0.39, 0.29) is 29.4 Å². The standard InChI is InChI=1S/C11H14O4/c1-15-11(14)7-4-6-2-3-9(12)8(5-7)10(6)13/h6-8H,2-5H2,1H3/t6-,7-,8+/m0/s1. The van der Waals surface area contributed by atoms with E-state index < -0.39 is 5.92 Å². The fourth-order valence-corrected chi connectivity index (χ4v) is 2.64. The summed E-state index contributed by atoms with van der Waals surface area (Å²) in [6.45, 7) is 0. The molecule has 0 amide bonds. The zero-order valence-corrected chi connectivity index (χ0v) is 8.69. The van der Waals surface area contributed by atoms with Gasteiger partial charge >= 0.3 is 5.97 Å². The first-order valence-corrected chi connectivity index (χ1v) is 5.27. The van der Waals surface area contributed by atoms with Gasteiger partial charge in [-0.2, -0.15) is 0 Å². The van der Waals surface area contributed by atoms with Gasteiger partial charge in [-0.05, 0) is 19.3 Å². The molecule has 0 spiro atoms. The predicted octanol–water partition coefficient (Wildman–Crippen LogP) is 0.734. The number of ketones is 2. The number of hydrogen-bond donors (Lipinski definition) is 0. The highest BCUT2D eigenvalue weighted by Crippen LogP contribution is 2.38. The minimum absolute atomic E-state index is 0.00449. The largest absolute Gasteiger partial charge is 0.469 e. The van der Waals surface area contributed by atoms with Crippen molar-refractivity contribution in [3.8, 4) is 0 Å². The molecule has 2 aliphatic rings. The molecule has 2 rings (SSSR count). The lowest BCUT2D eigenvalue weighted by Gasteiger charge is -2.35. The zero-order chi connectivity index (χ0) is 11.0. The molecule has 0 heterocycles. The van der Waals surface area contributed by atoms with Gasteiger partial charge in [-0.3, -0.25) is 14.4 Å². The van der Waals surface area contributed by atoms with Crippen molar-refractivity contribution in [2.45, 2.75) is 25.7 Å². The number of hydrogen-bond acceptors (Lipinski definition) is 4. The van der Waals surface area contributed by atoms with Gasteiger partial charge in [0.15, 0.2) is 0 Å². The van der Waals surface area contributed by atoms with E-state index in [2.05, 4.69) is 4.74 Å². The van der Waals surface area contributed by atoms with Crippen LogP contribution >= 0.6 is 0 Å². The summed E-state index contributed by atoms with van der Waals surface area (Å²) in [4.78, 5) is 34.6. The summed E-state index contributed by atoms with van der Waals surface area (Å²) in [6, 6.07) is 0. The maximum absolute atomic E-state index is 11.7. The second-order valence-corrected chi connectivity index (χ2v) is 4.35. The monoisotopic (exact) mass is 210 g/mol. The minimum atomic E-state index is -0.526. The van der Waals surface area contributed by atoms with Gasteiger partial charge in [0, 0.05) is 12.3 Å². The summed E-state index contributed by atoms with van der Waals surface area (Å²) in [7, 11) is 1.34. The number of fused-ring (bicyclic) bond motifs is 2. The summed E-state index contributed by atoms with van der Waals surface area (Å²) in [5.74, 6) is -1.11.